The van der Waals surface area contributed by atoms with Crippen LogP contribution < -0.4 is 16.4 Å². The largest absolute Gasteiger partial charge is 0.397 e. The van der Waals surface area contributed by atoms with Crippen molar-refractivity contribution in [3.8, 4) is 0 Å². The Morgan fingerprint density at radius 3 is 2.81 bits per heavy atom. The van der Waals surface area contributed by atoms with E-state index in [0.717, 1.165) is 18.2 Å². The van der Waals surface area contributed by atoms with Gasteiger partial charge in [0.1, 0.15) is 16.5 Å². The number of carbonyl (C=O) groups is 1. The summed E-state index contributed by atoms with van der Waals surface area (Å²) in [6.45, 7) is 2.43. The van der Waals surface area contributed by atoms with Gasteiger partial charge in [-0.3, -0.25) is 4.79 Å². The summed E-state index contributed by atoms with van der Waals surface area (Å²) in [6, 6.07) is 4.88. The Balaban J connectivity index is 2.09. The fourth-order valence-electron chi connectivity index (χ4n) is 1.77. The SMILES string of the molecule is CCNC(=O)c1sc(NCc2cc(F)ccc2F)cc1N. The fraction of sp³-hybridized carbons (Fsp3) is 0.214. The van der Waals surface area contributed by atoms with E-state index in [1.165, 1.54) is 11.3 Å². The summed E-state index contributed by atoms with van der Waals surface area (Å²) >= 11 is 1.17. The van der Waals surface area contributed by atoms with E-state index in [-0.39, 0.29) is 18.0 Å². The summed E-state index contributed by atoms with van der Waals surface area (Å²) in [4.78, 5) is 12.1. The van der Waals surface area contributed by atoms with E-state index in [1.807, 2.05) is 6.92 Å². The highest BCUT2D eigenvalue weighted by Crippen LogP contribution is 2.29. The molecule has 1 amide bonds. The first-order valence-corrected chi connectivity index (χ1v) is 7.18. The van der Waals surface area contributed by atoms with Crippen LogP contribution in [0.4, 0.5) is 19.5 Å². The van der Waals surface area contributed by atoms with Gasteiger partial charge in [-0.1, -0.05) is 0 Å². The number of anilines is 2. The Morgan fingerprint density at radius 2 is 2.10 bits per heavy atom. The number of amides is 1. The second-order valence-corrected chi connectivity index (χ2v) is 5.40. The van der Waals surface area contributed by atoms with Crippen LogP contribution in [0.1, 0.15) is 22.2 Å². The molecule has 0 aliphatic carbocycles. The van der Waals surface area contributed by atoms with E-state index in [1.54, 1.807) is 6.07 Å². The van der Waals surface area contributed by atoms with Gasteiger partial charge >= 0.3 is 0 Å². The van der Waals surface area contributed by atoms with Crippen LogP contribution in [0.3, 0.4) is 0 Å². The molecule has 0 spiro atoms. The first kappa shape index (κ1) is 15.2. The maximum Gasteiger partial charge on any atom is 0.263 e. The Hall–Kier alpha value is -2.15. The first-order valence-electron chi connectivity index (χ1n) is 6.36. The fourth-order valence-corrected chi connectivity index (χ4v) is 2.66. The first-order chi connectivity index (χ1) is 10.0. The van der Waals surface area contributed by atoms with Gasteiger partial charge in [0, 0.05) is 18.7 Å². The van der Waals surface area contributed by atoms with Crippen LogP contribution in [-0.4, -0.2) is 12.5 Å². The molecular formula is C14H15F2N3OS. The lowest BCUT2D eigenvalue weighted by Crippen LogP contribution is -2.22. The molecule has 2 aromatic rings. The number of carbonyl (C=O) groups excluding carboxylic acids is 1. The summed E-state index contributed by atoms with van der Waals surface area (Å²) in [6.07, 6.45) is 0. The highest BCUT2D eigenvalue weighted by molar-refractivity contribution is 7.18. The normalized spacial score (nSPS) is 10.4. The molecule has 0 radical (unpaired) electrons. The number of benzene rings is 1. The van der Waals surface area contributed by atoms with Crippen molar-refractivity contribution in [1.29, 1.82) is 0 Å². The zero-order chi connectivity index (χ0) is 15.4. The summed E-state index contributed by atoms with van der Waals surface area (Å²) < 4.78 is 26.6. The smallest absolute Gasteiger partial charge is 0.263 e. The molecule has 1 aromatic heterocycles. The van der Waals surface area contributed by atoms with E-state index in [0.29, 0.717) is 22.1 Å². The van der Waals surface area contributed by atoms with Gasteiger partial charge in [-0.05, 0) is 31.2 Å². The van der Waals surface area contributed by atoms with Gasteiger partial charge in [-0.15, -0.1) is 11.3 Å². The van der Waals surface area contributed by atoms with Gasteiger partial charge in [0.25, 0.3) is 5.91 Å². The Kier molecular flexibility index (Phi) is 4.74. The van der Waals surface area contributed by atoms with E-state index in [9.17, 15) is 13.6 Å². The van der Waals surface area contributed by atoms with Crippen molar-refractivity contribution in [3.05, 3.63) is 46.3 Å². The zero-order valence-electron chi connectivity index (χ0n) is 11.4. The van der Waals surface area contributed by atoms with Crippen molar-refractivity contribution in [3.63, 3.8) is 0 Å². The van der Waals surface area contributed by atoms with Crippen molar-refractivity contribution in [2.45, 2.75) is 13.5 Å². The number of nitrogens with one attached hydrogen (secondary N) is 2. The standard InChI is InChI=1S/C14H15F2N3OS/c1-2-18-14(20)13-11(17)6-12(21-13)19-7-8-5-9(15)3-4-10(8)16/h3-6,19H,2,7,17H2,1H3,(H,18,20). The van der Waals surface area contributed by atoms with E-state index in [4.69, 9.17) is 5.73 Å². The molecule has 0 bridgehead atoms. The average Bonchev–Trinajstić information content (AvgIpc) is 2.81. The number of thiophene rings is 1. The molecule has 1 heterocycles. The molecule has 0 aliphatic rings. The summed E-state index contributed by atoms with van der Waals surface area (Å²) in [7, 11) is 0. The molecule has 0 fully saturated rings. The van der Waals surface area contributed by atoms with Crippen molar-refractivity contribution in [2.24, 2.45) is 0 Å². The number of halogens is 2. The molecule has 0 saturated heterocycles. The second kappa shape index (κ2) is 6.53. The van der Waals surface area contributed by atoms with Gasteiger partial charge in [-0.2, -0.15) is 0 Å². The van der Waals surface area contributed by atoms with Crippen LogP contribution in [0.25, 0.3) is 0 Å². The lowest BCUT2D eigenvalue weighted by Gasteiger charge is -2.05. The highest BCUT2D eigenvalue weighted by atomic mass is 32.1. The maximum atomic E-state index is 13.5. The Labute approximate surface area is 125 Å². The summed E-state index contributed by atoms with van der Waals surface area (Å²) in [5, 5.41) is 6.22. The molecule has 1 aromatic carbocycles. The molecule has 7 heteroatoms. The lowest BCUT2D eigenvalue weighted by atomic mass is 10.2. The third kappa shape index (κ3) is 3.69. The van der Waals surface area contributed by atoms with Crippen LogP contribution in [0.15, 0.2) is 24.3 Å². The van der Waals surface area contributed by atoms with E-state index >= 15 is 0 Å². The monoisotopic (exact) mass is 311 g/mol. The lowest BCUT2D eigenvalue weighted by molar-refractivity contribution is 0.0960. The Morgan fingerprint density at radius 1 is 1.33 bits per heavy atom. The molecule has 0 aliphatic heterocycles. The molecule has 4 N–H and O–H groups in total. The van der Waals surface area contributed by atoms with Crippen LogP contribution >= 0.6 is 11.3 Å². The highest BCUT2D eigenvalue weighted by Gasteiger charge is 2.14. The van der Waals surface area contributed by atoms with E-state index in [2.05, 4.69) is 10.6 Å². The summed E-state index contributed by atoms with van der Waals surface area (Å²) in [5.74, 6) is -1.23. The number of hydrogen-bond acceptors (Lipinski definition) is 4. The van der Waals surface area contributed by atoms with Crippen molar-refractivity contribution < 1.29 is 13.6 Å². The molecular weight excluding hydrogens is 296 g/mol. The van der Waals surface area contributed by atoms with Gasteiger partial charge in [0.15, 0.2) is 0 Å². The molecule has 0 atom stereocenters. The molecule has 0 unspecified atom stereocenters. The van der Waals surface area contributed by atoms with Crippen LogP contribution in [0, 0.1) is 11.6 Å². The maximum absolute atomic E-state index is 13.5. The third-order valence-corrected chi connectivity index (χ3v) is 3.87. The minimum atomic E-state index is -0.498. The molecule has 2 rings (SSSR count). The van der Waals surface area contributed by atoms with Gasteiger partial charge in [0.2, 0.25) is 0 Å². The van der Waals surface area contributed by atoms with Crippen molar-refractivity contribution >= 4 is 27.9 Å². The quantitative estimate of drug-likeness (QED) is 0.795. The van der Waals surface area contributed by atoms with E-state index < -0.39 is 11.6 Å². The molecule has 112 valence electrons. The van der Waals surface area contributed by atoms with Gasteiger partial charge in [-0.25, -0.2) is 8.78 Å². The minimum Gasteiger partial charge on any atom is -0.397 e. The second-order valence-electron chi connectivity index (χ2n) is 4.34. The number of hydrogen-bond donors (Lipinski definition) is 3. The van der Waals surface area contributed by atoms with Crippen LogP contribution in [0.2, 0.25) is 0 Å². The van der Waals surface area contributed by atoms with Crippen molar-refractivity contribution in [1.82, 2.24) is 5.32 Å². The van der Waals surface area contributed by atoms with Crippen LogP contribution in [0.5, 0.6) is 0 Å². The predicted molar refractivity (Wildman–Crippen MR) is 80.4 cm³/mol. The van der Waals surface area contributed by atoms with Crippen molar-refractivity contribution in [2.75, 3.05) is 17.6 Å². The zero-order valence-corrected chi connectivity index (χ0v) is 12.2. The predicted octanol–water partition coefficient (Wildman–Crippen LogP) is 2.97. The third-order valence-electron chi connectivity index (χ3n) is 2.77. The van der Waals surface area contributed by atoms with Crippen LogP contribution in [-0.2, 0) is 6.54 Å². The minimum absolute atomic E-state index is 0.110. The number of nitrogen functional groups attached to an aromatic ring is 1. The molecule has 0 saturated carbocycles. The average molecular weight is 311 g/mol. The molecule has 4 nitrogen and oxygen atoms in total. The van der Waals surface area contributed by atoms with Gasteiger partial charge < -0.3 is 16.4 Å². The topological polar surface area (TPSA) is 67.2 Å². The number of nitrogens with two attached hydrogens (primary N) is 1. The summed E-state index contributed by atoms with van der Waals surface area (Å²) in [5.41, 5.74) is 6.34. The Bertz CT molecular complexity index is 658. The van der Waals surface area contributed by atoms with Gasteiger partial charge in [0.05, 0.1) is 10.7 Å². The molecule has 21 heavy (non-hydrogen) atoms. The number of rotatable bonds is 5.